The number of benzene rings is 3. The highest BCUT2D eigenvalue weighted by Crippen LogP contribution is 2.39. The highest BCUT2D eigenvalue weighted by Gasteiger charge is 2.31. The van der Waals surface area contributed by atoms with Crippen LogP contribution in [0, 0.1) is 13.8 Å². The summed E-state index contributed by atoms with van der Waals surface area (Å²) >= 11 is 5.91. The molecule has 0 unspecified atom stereocenters. The van der Waals surface area contributed by atoms with Crippen molar-refractivity contribution in [3.8, 4) is 23.0 Å². The predicted octanol–water partition coefficient (Wildman–Crippen LogP) is 5.70. The minimum Gasteiger partial charge on any atom is -0.497 e. The molecule has 35 heavy (non-hydrogen) atoms. The zero-order valence-electron chi connectivity index (χ0n) is 20.9. The Morgan fingerprint density at radius 3 is 2.14 bits per heavy atom. The monoisotopic (exact) mass is 492 g/mol. The number of aryl methyl sites for hydroxylation is 2. The number of ether oxygens (including phenoxy) is 4. The zero-order chi connectivity index (χ0) is 24.9. The van der Waals surface area contributed by atoms with Gasteiger partial charge in [-0.3, -0.25) is 0 Å². The van der Waals surface area contributed by atoms with Crippen molar-refractivity contribution in [1.82, 2.24) is 4.90 Å². The van der Waals surface area contributed by atoms with Gasteiger partial charge in [0.1, 0.15) is 18.1 Å². The highest BCUT2D eigenvalue weighted by atomic mass is 32.1. The molecule has 1 atom stereocenters. The SMILES string of the molecule is COc1ccc(OC[C@H]2c3cc(OC)c(OC)cc3CCN2C(=S)Nc2cc(C)cc(C)c2)cc1. The molecule has 4 rings (SSSR count). The van der Waals surface area contributed by atoms with Gasteiger partial charge in [-0.2, -0.15) is 0 Å². The Morgan fingerprint density at radius 2 is 1.51 bits per heavy atom. The van der Waals surface area contributed by atoms with Crippen LogP contribution in [0.3, 0.4) is 0 Å². The first-order chi connectivity index (χ1) is 16.9. The van der Waals surface area contributed by atoms with Crippen LogP contribution in [-0.2, 0) is 6.42 Å². The zero-order valence-corrected chi connectivity index (χ0v) is 21.7. The molecule has 6 nitrogen and oxygen atoms in total. The third-order valence-corrected chi connectivity index (χ3v) is 6.54. The molecular formula is C28H32N2O4S. The van der Waals surface area contributed by atoms with E-state index in [2.05, 4.69) is 48.3 Å². The van der Waals surface area contributed by atoms with Crippen LogP contribution in [-0.4, -0.2) is 44.5 Å². The molecule has 184 valence electrons. The van der Waals surface area contributed by atoms with E-state index >= 15 is 0 Å². The van der Waals surface area contributed by atoms with Crippen LogP contribution in [0.2, 0.25) is 0 Å². The molecular weight excluding hydrogens is 460 g/mol. The lowest BCUT2D eigenvalue weighted by atomic mass is 9.92. The smallest absolute Gasteiger partial charge is 0.174 e. The van der Waals surface area contributed by atoms with Crippen molar-refractivity contribution in [1.29, 1.82) is 0 Å². The molecule has 3 aromatic rings. The maximum absolute atomic E-state index is 6.24. The molecule has 0 aliphatic carbocycles. The lowest BCUT2D eigenvalue weighted by Gasteiger charge is -2.39. The van der Waals surface area contributed by atoms with Crippen molar-refractivity contribution in [2.75, 3.05) is 39.8 Å². The fourth-order valence-electron chi connectivity index (χ4n) is 4.54. The van der Waals surface area contributed by atoms with E-state index in [0.29, 0.717) is 17.5 Å². The summed E-state index contributed by atoms with van der Waals surface area (Å²) in [5.41, 5.74) is 5.69. The van der Waals surface area contributed by atoms with Crippen molar-refractivity contribution in [2.24, 2.45) is 0 Å². The van der Waals surface area contributed by atoms with E-state index < -0.39 is 0 Å². The van der Waals surface area contributed by atoms with E-state index in [-0.39, 0.29) is 6.04 Å². The molecule has 0 saturated heterocycles. The molecule has 0 spiro atoms. The number of rotatable bonds is 7. The van der Waals surface area contributed by atoms with Crippen molar-refractivity contribution >= 4 is 23.0 Å². The number of fused-ring (bicyclic) bond motifs is 1. The van der Waals surface area contributed by atoms with Gasteiger partial charge in [0.2, 0.25) is 0 Å². The van der Waals surface area contributed by atoms with Crippen LogP contribution in [0.1, 0.15) is 28.3 Å². The third kappa shape index (κ3) is 5.62. The average Bonchev–Trinajstić information content (AvgIpc) is 2.85. The predicted molar refractivity (Wildman–Crippen MR) is 143 cm³/mol. The van der Waals surface area contributed by atoms with E-state index in [0.717, 1.165) is 41.5 Å². The van der Waals surface area contributed by atoms with Crippen LogP contribution in [0.4, 0.5) is 5.69 Å². The van der Waals surface area contributed by atoms with Crippen LogP contribution in [0.25, 0.3) is 0 Å². The minimum absolute atomic E-state index is 0.105. The normalized spacial score (nSPS) is 14.7. The van der Waals surface area contributed by atoms with Gasteiger partial charge in [0.05, 0.1) is 27.4 Å². The van der Waals surface area contributed by atoms with Gasteiger partial charge >= 0.3 is 0 Å². The van der Waals surface area contributed by atoms with Gasteiger partial charge in [-0.25, -0.2) is 0 Å². The second kappa shape index (κ2) is 10.9. The minimum atomic E-state index is -0.105. The van der Waals surface area contributed by atoms with E-state index in [1.165, 1.54) is 16.7 Å². The summed E-state index contributed by atoms with van der Waals surface area (Å²) in [7, 11) is 4.96. The number of anilines is 1. The van der Waals surface area contributed by atoms with Crippen molar-refractivity contribution in [3.05, 3.63) is 76.9 Å². The Morgan fingerprint density at radius 1 is 0.886 bits per heavy atom. The molecule has 1 aliphatic rings. The van der Waals surface area contributed by atoms with Crippen LogP contribution < -0.4 is 24.3 Å². The Balaban J connectivity index is 1.64. The van der Waals surface area contributed by atoms with Crippen LogP contribution in [0.15, 0.2) is 54.6 Å². The number of hydrogen-bond donors (Lipinski definition) is 1. The second-order valence-electron chi connectivity index (χ2n) is 8.66. The first-order valence-electron chi connectivity index (χ1n) is 11.6. The molecule has 1 heterocycles. The van der Waals surface area contributed by atoms with Crippen LogP contribution in [0.5, 0.6) is 23.0 Å². The Hall–Kier alpha value is -3.45. The van der Waals surface area contributed by atoms with Gasteiger partial charge in [0.15, 0.2) is 16.6 Å². The Bertz CT molecular complexity index is 1180. The summed E-state index contributed by atoms with van der Waals surface area (Å²) in [6.07, 6.45) is 0.837. The Kier molecular flexibility index (Phi) is 7.66. The topological polar surface area (TPSA) is 52.2 Å². The lowest BCUT2D eigenvalue weighted by Crippen LogP contribution is -2.44. The van der Waals surface area contributed by atoms with Gasteiger partial charge in [0.25, 0.3) is 0 Å². The van der Waals surface area contributed by atoms with Gasteiger partial charge in [-0.05, 0) is 103 Å². The first-order valence-corrected chi connectivity index (χ1v) is 12.0. The van der Waals surface area contributed by atoms with Crippen molar-refractivity contribution in [2.45, 2.75) is 26.3 Å². The van der Waals surface area contributed by atoms with E-state index in [9.17, 15) is 0 Å². The lowest BCUT2D eigenvalue weighted by molar-refractivity contribution is 0.190. The molecule has 0 radical (unpaired) electrons. The van der Waals surface area contributed by atoms with E-state index in [1.54, 1.807) is 21.3 Å². The fourth-order valence-corrected chi connectivity index (χ4v) is 4.88. The summed E-state index contributed by atoms with van der Waals surface area (Å²) in [5.74, 6) is 2.98. The molecule has 0 fully saturated rings. The van der Waals surface area contributed by atoms with Crippen molar-refractivity contribution < 1.29 is 18.9 Å². The summed E-state index contributed by atoms with van der Waals surface area (Å²) in [6, 6.07) is 18.0. The van der Waals surface area contributed by atoms with E-state index in [4.69, 9.17) is 31.2 Å². The van der Waals surface area contributed by atoms with Gasteiger partial charge in [-0.1, -0.05) is 6.07 Å². The molecule has 3 aromatic carbocycles. The molecule has 0 aromatic heterocycles. The number of nitrogens with one attached hydrogen (secondary N) is 1. The van der Waals surface area contributed by atoms with Gasteiger partial charge in [0, 0.05) is 12.2 Å². The Labute approximate surface area is 212 Å². The van der Waals surface area contributed by atoms with E-state index in [1.807, 2.05) is 30.3 Å². The summed E-state index contributed by atoms with van der Waals surface area (Å²) in [6.45, 7) is 5.35. The van der Waals surface area contributed by atoms with Gasteiger partial charge < -0.3 is 29.2 Å². The maximum atomic E-state index is 6.24. The standard InChI is InChI=1S/C28H32N2O4S/c1-18-12-19(2)14-21(13-18)29-28(35)30-11-10-20-15-26(32-4)27(33-5)16-24(20)25(30)17-34-23-8-6-22(31-3)7-9-23/h6-9,12-16,25H,10-11,17H2,1-5H3,(H,29,35)/t25-/m0/s1. The number of hydrogen-bond acceptors (Lipinski definition) is 5. The number of methoxy groups -OCH3 is 3. The number of thiocarbonyl (C=S) groups is 1. The summed E-state index contributed by atoms with van der Waals surface area (Å²) in [5, 5.41) is 4.11. The maximum Gasteiger partial charge on any atom is 0.174 e. The molecule has 0 saturated carbocycles. The largest absolute Gasteiger partial charge is 0.497 e. The number of nitrogens with zero attached hydrogens (tertiary/aromatic N) is 1. The summed E-state index contributed by atoms with van der Waals surface area (Å²) in [4.78, 5) is 2.20. The highest BCUT2D eigenvalue weighted by molar-refractivity contribution is 7.80. The van der Waals surface area contributed by atoms with Gasteiger partial charge in [-0.15, -0.1) is 0 Å². The van der Waals surface area contributed by atoms with Crippen molar-refractivity contribution in [3.63, 3.8) is 0 Å². The molecule has 1 N–H and O–H groups in total. The van der Waals surface area contributed by atoms with Crippen LogP contribution >= 0.6 is 12.2 Å². The summed E-state index contributed by atoms with van der Waals surface area (Å²) < 4.78 is 22.7. The molecule has 7 heteroatoms. The average molecular weight is 493 g/mol. The second-order valence-corrected chi connectivity index (χ2v) is 9.04. The molecule has 0 bridgehead atoms. The first kappa shape index (κ1) is 24.7. The molecule has 0 amide bonds. The fraction of sp³-hybridized carbons (Fsp3) is 0.321. The third-order valence-electron chi connectivity index (χ3n) is 6.20. The quantitative estimate of drug-likeness (QED) is 0.424. The molecule has 1 aliphatic heterocycles.